The van der Waals surface area contributed by atoms with Crippen LogP contribution in [0, 0.1) is 0 Å². The maximum atomic E-state index is 10.6. The molecule has 4 heteroatoms. The minimum absolute atomic E-state index is 0.0147. The number of aliphatic hydroxyl groups excluding tert-OH is 2. The Bertz CT molecular complexity index is 620. The lowest BCUT2D eigenvalue weighted by atomic mass is 10.1. The summed E-state index contributed by atoms with van der Waals surface area (Å²) in [5, 5.41) is 31.6. The summed E-state index contributed by atoms with van der Waals surface area (Å²) < 4.78 is 0. The largest absolute Gasteiger partial charge is 0.392 e. The summed E-state index contributed by atoms with van der Waals surface area (Å²) in [6.45, 7) is 1.74. The summed E-state index contributed by atoms with van der Waals surface area (Å²) in [7, 11) is 0. The van der Waals surface area contributed by atoms with Gasteiger partial charge in [-0.2, -0.15) is 0 Å². The second-order valence-corrected chi connectivity index (χ2v) is 7.52. The van der Waals surface area contributed by atoms with E-state index in [1.54, 1.807) is 0 Å². The van der Waals surface area contributed by atoms with Gasteiger partial charge in [-0.05, 0) is 24.0 Å². The predicted molar refractivity (Wildman–Crippen MR) is 112 cm³/mol. The molecule has 0 aromatic heterocycles. The van der Waals surface area contributed by atoms with E-state index in [2.05, 4.69) is 17.0 Å². The predicted octanol–water partition coefficient (Wildman–Crippen LogP) is 4.35. The molecule has 2 rings (SSSR count). The van der Waals surface area contributed by atoms with E-state index in [1.165, 1.54) is 5.56 Å². The van der Waals surface area contributed by atoms with Gasteiger partial charge in [-0.3, -0.25) is 4.90 Å². The fourth-order valence-electron chi connectivity index (χ4n) is 3.47. The van der Waals surface area contributed by atoms with E-state index in [1.807, 2.05) is 48.5 Å². The van der Waals surface area contributed by atoms with Crippen LogP contribution in [0.2, 0.25) is 0 Å². The Morgan fingerprint density at radius 1 is 0.750 bits per heavy atom. The zero-order valence-corrected chi connectivity index (χ0v) is 16.7. The number of benzene rings is 2. The van der Waals surface area contributed by atoms with E-state index in [-0.39, 0.29) is 6.61 Å². The lowest BCUT2D eigenvalue weighted by Gasteiger charge is -2.27. The van der Waals surface area contributed by atoms with Crippen LogP contribution in [0.4, 0.5) is 0 Å². The number of unbranched alkanes of at least 4 members (excludes halogenated alkanes) is 4. The van der Waals surface area contributed by atoms with Crippen molar-refractivity contribution in [2.24, 2.45) is 0 Å². The zero-order valence-electron chi connectivity index (χ0n) is 16.7. The van der Waals surface area contributed by atoms with Gasteiger partial charge < -0.3 is 10.2 Å². The molecule has 2 atom stereocenters. The minimum Gasteiger partial charge on any atom is -0.392 e. The topological polar surface area (TPSA) is 63.6 Å². The second-order valence-electron chi connectivity index (χ2n) is 7.52. The molecule has 0 amide bonds. The Morgan fingerprint density at radius 3 is 2.04 bits per heavy atom. The van der Waals surface area contributed by atoms with Crippen molar-refractivity contribution in [2.75, 3.05) is 19.7 Å². The number of rotatable bonds is 14. The first-order chi connectivity index (χ1) is 13.7. The summed E-state index contributed by atoms with van der Waals surface area (Å²) >= 11 is 0. The average molecular weight is 385 g/mol. The van der Waals surface area contributed by atoms with Crippen LogP contribution < -0.4 is 0 Å². The molecule has 0 spiro atoms. The minimum atomic E-state index is -0.579. The van der Waals surface area contributed by atoms with Crippen molar-refractivity contribution in [3.05, 3.63) is 71.8 Å². The van der Waals surface area contributed by atoms with E-state index in [0.717, 1.165) is 44.1 Å². The van der Waals surface area contributed by atoms with Crippen LogP contribution in [0.1, 0.15) is 55.8 Å². The number of nitrogens with zero attached hydrogens (tertiary/aromatic N) is 1. The van der Waals surface area contributed by atoms with E-state index in [4.69, 9.17) is 0 Å². The molecule has 2 aromatic carbocycles. The van der Waals surface area contributed by atoms with E-state index < -0.39 is 12.2 Å². The molecule has 0 aliphatic heterocycles. The van der Waals surface area contributed by atoms with Gasteiger partial charge in [0, 0.05) is 19.6 Å². The maximum Gasteiger partial charge on any atom is 0.0917 e. The third kappa shape index (κ3) is 8.98. The molecule has 28 heavy (non-hydrogen) atoms. The second kappa shape index (κ2) is 13.5. The quantitative estimate of drug-likeness (QED) is 0.476. The number of hydrogen-bond donors (Lipinski definition) is 2. The molecular weight excluding hydrogens is 350 g/mol. The fraction of sp³-hybridized carbons (Fsp3) is 0.500. The van der Waals surface area contributed by atoms with Gasteiger partial charge in [-0.15, -0.1) is 0 Å². The van der Waals surface area contributed by atoms with Crippen molar-refractivity contribution in [3.63, 3.8) is 0 Å². The van der Waals surface area contributed by atoms with Crippen LogP contribution >= 0.6 is 0 Å². The summed E-state index contributed by atoms with van der Waals surface area (Å²) in [5.74, 6) is 0. The van der Waals surface area contributed by atoms with Crippen molar-refractivity contribution in [1.82, 2.24) is 4.90 Å². The first kappa shape index (κ1) is 22.6. The van der Waals surface area contributed by atoms with Gasteiger partial charge in [-0.25, -0.2) is 5.11 Å². The van der Waals surface area contributed by atoms with Crippen LogP contribution in [0.25, 0.3) is 0 Å². The molecule has 4 nitrogen and oxygen atoms in total. The third-order valence-corrected chi connectivity index (χ3v) is 5.02. The molecule has 0 aliphatic carbocycles. The monoisotopic (exact) mass is 384 g/mol. The van der Waals surface area contributed by atoms with Crippen LogP contribution in [0.15, 0.2) is 60.7 Å². The lowest BCUT2D eigenvalue weighted by molar-refractivity contribution is 0.0604. The highest BCUT2D eigenvalue weighted by atomic mass is 16.3. The molecule has 0 heterocycles. The summed E-state index contributed by atoms with van der Waals surface area (Å²) in [6.07, 6.45) is 4.60. The molecule has 2 N–H and O–H groups in total. The standard InChI is InChI=1S/C24H34NO3/c26-17-11-3-1-2-10-16-23(27)19-25(18-21-12-6-4-7-13-21)20-24(28)22-14-8-5-9-15-22/h4-9,12-15,23-24,27-28H,1-3,10-11,16-20H2. The van der Waals surface area contributed by atoms with Crippen molar-refractivity contribution < 1.29 is 15.3 Å². The number of hydrogen-bond acceptors (Lipinski definition) is 3. The average Bonchev–Trinajstić information content (AvgIpc) is 2.72. The third-order valence-electron chi connectivity index (χ3n) is 5.02. The fourth-order valence-corrected chi connectivity index (χ4v) is 3.47. The molecule has 2 aromatic rings. The molecule has 0 saturated heterocycles. The van der Waals surface area contributed by atoms with Crippen LogP contribution in [-0.4, -0.2) is 40.9 Å². The van der Waals surface area contributed by atoms with Gasteiger partial charge in [0.1, 0.15) is 0 Å². The summed E-state index contributed by atoms with van der Waals surface area (Å²) in [5.41, 5.74) is 2.07. The smallest absolute Gasteiger partial charge is 0.0917 e. The first-order valence-electron chi connectivity index (χ1n) is 10.4. The maximum absolute atomic E-state index is 10.6. The molecular formula is C24H34NO3. The lowest BCUT2D eigenvalue weighted by Crippen LogP contribution is -2.35. The van der Waals surface area contributed by atoms with Crippen LogP contribution in [0.5, 0.6) is 0 Å². The molecule has 0 saturated carbocycles. The Kier molecular flexibility index (Phi) is 10.8. The highest BCUT2D eigenvalue weighted by Crippen LogP contribution is 2.17. The molecule has 0 fully saturated rings. The molecule has 2 unspecified atom stereocenters. The van der Waals surface area contributed by atoms with Gasteiger partial charge in [0.15, 0.2) is 0 Å². The van der Waals surface area contributed by atoms with Crippen LogP contribution in [-0.2, 0) is 11.7 Å². The SMILES string of the molecule is [O]CCCCCCCC(O)CN(Cc1ccccc1)CC(O)c1ccccc1. The van der Waals surface area contributed by atoms with Gasteiger partial charge in [-0.1, -0.05) is 86.3 Å². The van der Waals surface area contributed by atoms with Gasteiger partial charge in [0.05, 0.1) is 18.8 Å². The van der Waals surface area contributed by atoms with Crippen molar-refractivity contribution in [3.8, 4) is 0 Å². The van der Waals surface area contributed by atoms with E-state index >= 15 is 0 Å². The van der Waals surface area contributed by atoms with Crippen molar-refractivity contribution >= 4 is 0 Å². The van der Waals surface area contributed by atoms with Gasteiger partial charge >= 0.3 is 0 Å². The van der Waals surface area contributed by atoms with Crippen molar-refractivity contribution in [1.29, 1.82) is 0 Å². The van der Waals surface area contributed by atoms with E-state index in [0.29, 0.717) is 19.6 Å². The Labute approximate surface area is 169 Å². The Hall–Kier alpha value is -1.72. The van der Waals surface area contributed by atoms with Gasteiger partial charge in [0.25, 0.3) is 0 Å². The number of aliphatic hydroxyl groups is 2. The highest BCUT2D eigenvalue weighted by molar-refractivity contribution is 5.18. The van der Waals surface area contributed by atoms with Gasteiger partial charge in [0.2, 0.25) is 0 Å². The normalized spacial score (nSPS) is 13.6. The Balaban J connectivity index is 1.86. The molecule has 1 radical (unpaired) electrons. The first-order valence-corrected chi connectivity index (χ1v) is 10.4. The summed E-state index contributed by atoms with van der Waals surface area (Å²) in [4.78, 5) is 2.13. The Morgan fingerprint density at radius 2 is 1.36 bits per heavy atom. The summed E-state index contributed by atoms with van der Waals surface area (Å²) in [6, 6.07) is 19.8. The zero-order chi connectivity index (χ0) is 20.0. The van der Waals surface area contributed by atoms with Crippen molar-refractivity contribution in [2.45, 2.75) is 57.3 Å². The van der Waals surface area contributed by atoms with E-state index in [9.17, 15) is 15.3 Å². The molecule has 0 aliphatic rings. The molecule has 0 bridgehead atoms. The van der Waals surface area contributed by atoms with Crippen LogP contribution in [0.3, 0.4) is 0 Å². The highest BCUT2D eigenvalue weighted by Gasteiger charge is 2.17. The molecule has 153 valence electrons.